The molecule has 0 radical (unpaired) electrons. The fraction of sp³-hybridized carbons (Fsp3) is 0.302. The zero-order valence-electron chi connectivity index (χ0n) is 28.4. The number of rotatable bonds is 1. The van der Waals surface area contributed by atoms with Crippen molar-refractivity contribution >= 4 is 9.78 Å². The van der Waals surface area contributed by atoms with E-state index in [9.17, 15) is 0 Å². The summed E-state index contributed by atoms with van der Waals surface area (Å²) in [6, 6.07) is 38.2. The number of hydrogen-bond acceptors (Lipinski definition) is 0. The summed E-state index contributed by atoms with van der Waals surface area (Å²) in [4.78, 5) is 0. The first-order valence-corrected chi connectivity index (χ1v) is 17.2. The third-order valence-corrected chi connectivity index (χ3v) is 7.42. The summed E-state index contributed by atoms with van der Waals surface area (Å²) in [6.07, 6.45) is 6.68. The molecule has 0 spiro atoms. The molecule has 1 heteroatoms. The summed E-state index contributed by atoms with van der Waals surface area (Å²) in [5, 5.41) is 0. The molecule has 0 amide bonds. The predicted octanol–water partition coefficient (Wildman–Crippen LogP) is 11.4. The normalized spacial score (nSPS) is 14.2. The number of hydrogen-bond donors (Lipinski definition) is 0. The first-order chi connectivity index (χ1) is 20.9. The van der Waals surface area contributed by atoms with Crippen LogP contribution in [0.3, 0.4) is 0 Å². The Morgan fingerprint density at radius 2 is 1.36 bits per heavy atom. The molecule has 4 aromatic carbocycles. The van der Waals surface area contributed by atoms with Crippen LogP contribution in [0, 0.1) is 31.1 Å². The monoisotopic (exact) mass is 656 g/mol. The molecule has 1 unspecified atom stereocenters. The molecule has 6 rings (SSSR count). The van der Waals surface area contributed by atoms with Gasteiger partial charge in [0.05, 0.1) is 0 Å². The Hall–Kier alpha value is -2.89. The van der Waals surface area contributed by atoms with Crippen LogP contribution in [0.5, 0.6) is 0 Å². The minimum Gasteiger partial charge on any atom is -0.184 e. The van der Waals surface area contributed by atoms with Crippen molar-refractivity contribution in [3.63, 3.8) is 0 Å². The van der Waals surface area contributed by atoms with Gasteiger partial charge < -0.3 is 6.92 Å². The van der Waals surface area contributed by atoms with E-state index >= 15 is 0 Å². The summed E-state index contributed by atoms with van der Waals surface area (Å²) < 4.78 is 3.34. The van der Waals surface area contributed by atoms with Gasteiger partial charge in [-0.05, 0) is 28.4 Å². The average Bonchev–Trinajstić information content (AvgIpc) is 3.57. The summed E-state index contributed by atoms with van der Waals surface area (Å²) in [5.74, 6) is 0.468. The first kappa shape index (κ1) is 37.3. The van der Waals surface area contributed by atoms with Gasteiger partial charge in [0, 0.05) is 0 Å². The molecule has 1 atom stereocenters. The van der Waals surface area contributed by atoms with E-state index in [1.54, 1.807) is 6.92 Å². The van der Waals surface area contributed by atoms with Gasteiger partial charge in [0.1, 0.15) is 0 Å². The molecule has 230 valence electrons. The fourth-order valence-electron chi connectivity index (χ4n) is 5.14. The minimum atomic E-state index is 0.167. The molecule has 0 bridgehead atoms. The summed E-state index contributed by atoms with van der Waals surface area (Å²) in [6.45, 7) is 22.9. The van der Waals surface area contributed by atoms with Crippen molar-refractivity contribution in [1.82, 2.24) is 0 Å². The van der Waals surface area contributed by atoms with E-state index in [0.29, 0.717) is 5.92 Å². The van der Waals surface area contributed by atoms with Crippen LogP contribution >= 0.6 is 0 Å². The van der Waals surface area contributed by atoms with Gasteiger partial charge in [0.2, 0.25) is 0 Å². The summed E-state index contributed by atoms with van der Waals surface area (Å²) in [7, 11) is 0. The molecule has 0 fully saturated rings. The van der Waals surface area contributed by atoms with Crippen LogP contribution < -0.4 is 0 Å². The predicted molar refractivity (Wildman–Crippen MR) is 190 cm³/mol. The van der Waals surface area contributed by atoms with Crippen LogP contribution in [0.25, 0.3) is 16.7 Å². The Bertz CT molecular complexity index is 1400. The number of fused-ring (bicyclic) bond motifs is 3. The second-order valence-electron chi connectivity index (χ2n) is 12.9. The topological polar surface area (TPSA) is 0 Å². The third-order valence-electron chi connectivity index (χ3n) is 7.42. The first-order valence-electron chi connectivity index (χ1n) is 15.5. The van der Waals surface area contributed by atoms with Gasteiger partial charge in [0.15, 0.2) is 0 Å². The summed E-state index contributed by atoms with van der Waals surface area (Å²) >= 11 is 1.30. The van der Waals surface area contributed by atoms with Crippen molar-refractivity contribution < 1.29 is 24.2 Å². The van der Waals surface area contributed by atoms with Crippen LogP contribution in [0.1, 0.15) is 90.1 Å². The van der Waals surface area contributed by atoms with Crippen molar-refractivity contribution in [2.45, 2.75) is 79.6 Å². The quantitative estimate of drug-likeness (QED) is 0.157. The molecule has 0 saturated heterocycles. The Morgan fingerprint density at radius 1 is 0.773 bits per heavy atom. The molecular weight excluding hydrogens is 608 g/mol. The van der Waals surface area contributed by atoms with Crippen molar-refractivity contribution in [3.05, 3.63) is 156 Å². The average molecular weight is 658 g/mol. The number of benzene rings is 4. The maximum atomic E-state index is 3.67. The van der Waals surface area contributed by atoms with Gasteiger partial charge in [-0.3, -0.25) is 6.08 Å². The van der Waals surface area contributed by atoms with E-state index in [1.807, 2.05) is 36.4 Å². The Kier molecular flexibility index (Phi) is 14.9. The van der Waals surface area contributed by atoms with E-state index in [1.165, 1.54) is 74.3 Å². The molecule has 4 aromatic rings. The summed E-state index contributed by atoms with van der Waals surface area (Å²) in [5.41, 5.74) is 12.6. The van der Waals surface area contributed by atoms with Crippen LogP contribution in [0.4, 0.5) is 0 Å². The van der Waals surface area contributed by atoms with Gasteiger partial charge in [0.25, 0.3) is 0 Å². The molecule has 2 aliphatic rings. The van der Waals surface area contributed by atoms with E-state index in [4.69, 9.17) is 0 Å². The van der Waals surface area contributed by atoms with E-state index < -0.39 is 0 Å². The van der Waals surface area contributed by atoms with Crippen LogP contribution in [0.2, 0.25) is 0 Å². The maximum Gasteiger partial charge on any atom is -0.171 e. The van der Waals surface area contributed by atoms with E-state index in [-0.39, 0.29) is 10.8 Å². The van der Waals surface area contributed by atoms with Gasteiger partial charge in [-0.25, -0.2) is 5.57 Å². The fourth-order valence-corrected chi connectivity index (χ4v) is 5.14. The SMILES string of the molecule is CC(C)(C)c1[c-]c2c(cc1)-c1ccc(C(C)(C)C)cc1C2.CC1=[C-]C(C)C=C1c1ccccc1.[CH2-]C.[CH2]=[Zr].[c-]1ccccc1. The standard InChI is InChI=1S/C21H25.C13H13.C6H5.C2H5.CH2.Zr/c1-20(2,3)16-7-9-18-14(12-16)11-15-13-17(21(4,5)6)8-10-19(15)18;1-10-8-11(2)13(9-10)12-6-4-3-5-7-12;1-2-4-6-5-3-1;1-2;;/h7-10,12H,11H2,1-6H3;3-7,9-10H,1-2H3;1-5H;1H2,2H3;1H2;/q4*-1;;. The van der Waals surface area contributed by atoms with Gasteiger partial charge >= 0.3 is 28.4 Å². The number of allylic oxidation sites excluding steroid dienone is 4. The van der Waals surface area contributed by atoms with Crippen LogP contribution in [0.15, 0.2) is 103 Å². The van der Waals surface area contributed by atoms with Crippen molar-refractivity contribution in [1.29, 1.82) is 0 Å². The second-order valence-corrected chi connectivity index (χ2v) is 12.9. The van der Waals surface area contributed by atoms with Crippen LogP contribution in [-0.4, -0.2) is 4.21 Å². The molecule has 0 saturated carbocycles. The molecule has 0 nitrogen and oxygen atoms in total. The van der Waals surface area contributed by atoms with E-state index in [2.05, 4.69) is 145 Å². The van der Waals surface area contributed by atoms with Gasteiger partial charge in [-0.1, -0.05) is 115 Å². The molecule has 0 aliphatic heterocycles. The van der Waals surface area contributed by atoms with Gasteiger partial charge in [-0.2, -0.15) is 78.7 Å². The second kappa shape index (κ2) is 17.6. The third kappa shape index (κ3) is 10.6. The largest absolute Gasteiger partial charge is 0.184 e. The molecule has 44 heavy (non-hydrogen) atoms. The molecule has 2 aliphatic carbocycles. The van der Waals surface area contributed by atoms with Gasteiger partial charge in [-0.15, -0.1) is 16.7 Å². The smallest absolute Gasteiger partial charge is 0.171 e. The van der Waals surface area contributed by atoms with Crippen molar-refractivity contribution in [3.8, 4) is 11.1 Å². The Balaban J connectivity index is 0.000000249. The Labute approximate surface area is 284 Å². The Morgan fingerprint density at radius 3 is 1.84 bits per heavy atom. The van der Waals surface area contributed by atoms with Crippen molar-refractivity contribution in [2.24, 2.45) is 5.92 Å². The molecular formula is C43H50Zr-4. The van der Waals surface area contributed by atoms with E-state index in [0.717, 1.165) is 6.42 Å². The molecule has 0 N–H and O–H groups in total. The maximum absolute atomic E-state index is 3.67. The minimum absolute atomic E-state index is 0.167. The zero-order valence-corrected chi connectivity index (χ0v) is 30.9. The zero-order chi connectivity index (χ0) is 32.9. The molecule has 0 heterocycles. The van der Waals surface area contributed by atoms with Crippen molar-refractivity contribution in [2.75, 3.05) is 0 Å². The van der Waals surface area contributed by atoms with Crippen LogP contribution in [-0.2, 0) is 41.5 Å². The molecule has 0 aromatic heterocycles.